The third-order valence-corrected chi connectivity index (χ3v) is 2.48. The van der Waals surface area contributed by atoms with Gasteiger partial charge in [0.05, 0.1) is 6.61 Å². The van der Waals surface area contributed by atoms with Gasteiger partial charge in [-0.05, 0) is 0 Å². The first kappa shape index (κ1) is 23.1. The Labute approximate surface area is 142 Å². The van der Waals surface area contributed by atoms with Gasteiger partial charge in [0.1, 0.15) is 18.3 Å². The van der Waals surface area contributed by atoms with Crippen molar-refractivity contribution in [2.75, 3.05) is 6.61 Å². The van der Waals surface area contributed by atoms with Gasteiger partial charge >= 0.3 is 29.6 Å². The van der Waals surface area contributed by atoms with E-state index in [1.165, 1.54) is 0 Å². The summed E-state index contributed by atoms with van der Waals surface area (Å²) in [4.78, 5) is 21.9. The number of hydrogen-bond donors (Lipinski definition) is 5. The van der Waals surface area contributed by atoms with Crippen LogP contribution in [0.4, 0.5) is 0 Å². The zero-order valence-corrected chi connectivity index (χ0v) is 14.0. The Morgan fingerprint density at radius 1 is 1.29 bits per heavy atom. The summed E-state index contributed by atoms with van der Waals surface area (Å²) in [5.74, 6) is -2.37. The quantitative estimate of drug-likeness (QED) is 0.169. The molecule has 0 aromatic rings. The molecule has 0 aliphatic heterocycles. The minimum absolute atomic E-state index is 0. The van der Waals surface area contributed by atoms with E-state index in [0.717, 1.165) is 6.92 Å². The van der Waals surface area contributed by atoms with Crippen LogP contribution in [0.15, 0.2) is 0 Å². The van der Waals surface area contributed by atoms with Crippen molar-refractivity contribution in [3.8, 4) is 0 Å². The Kier molecular flexibility index (Phi) is 10.8. The summed E-state index contributed by atoms with van der Waals surface area (Å²) in [5.41, 5.74) is 0. The number of rotatable bonds is 7. The Morgan fingerprint density at radius 2 is 1.76 bits per heavy atom. The van der Waals surface area contributed by atoms with Crippen molar-refractivity contribution in [3.63, 3.8) is 0 Å². The standard InChI is InChI=1S/C8H15NO10S.Na/c1-3(11)9-8(15)6(14)7(19-20(16,17)18)5(13)4(12)2-10;/h4-7,10,12-14H,2H2,1H3,(H,9,11,15)(H,16,17,18);/q;+1/p-1/t4-,5-,6-,7+;/m1./s1. The van der Waals surface area contributed by atoms with Gasteiger partial charge in [-0.2, -0.15) is 0 Å². The molecule has 0 saturated carbocycles. The molecule has 0 radical (unpaired) electrons. The van der Waals surface area contributed by atoms with E-state index < -0.39 is 53.2 Å². The van der Waals surface area contributed by atoms with Crippen molar-refractivity contribution in [2.45, 2.75) is 31.3 Å². The van der Waals surface area contributed by atoms with Gasteiger partial charge in [0.25, 0.3) is 5.91 Å². The summed E-state index contributed by atoms with van der Waals surface area (Å²) in [5, 5.41) is 38.2. The first-order valence-corrected chi connectivity index (χ1v) is 6.43. The summed E-state index contributed by atoms with van der Waals surface area (Å²) in [6, 6.07) is 0. The van der Waals surface area contributed by atoms with E-state index in [0.29, 0.717) is 0 Å². The number of amides is 2. The van der Waals surface area contributed by atoms with Crippen LogP contribution in [0.1, 0.15) is 6.92 Å². The second kappa shape index (κ2) is 9.78. The number of carbonyl (C=O) groups is 2. The molecule has 0 bridgehead atoms. The molecule has 11 nitrogen and oxygen atoms in total. The minimum Gasteiger partial charge on any atom is -0.726 e. The molecule has 0 saturated heterocycles. The van der Waals surface area contributed by atoms with Crippen molar-refractivity contribution < 1.29 is 76.7 Å². The van der Waals surface area contributed by atoms with Gasteiger partial charge in [-0.15, -0.1) is 0 Å². The Morgan fingerprint density at radius 3 is 2.10 bits per heavy atom. The number of hydrogen-bond acceptors (Lipinski definition) is 10. The van der Waals surface area contributed by atoms with Gasteiger partial charge in [-0.3, -0.25) is 19.1 Å². The second-order valence-electron chi connectivity index (χ2n) is 3.70. The number of imide groups is 1. The molecule has 0 heterocycles. The molecule has 0 aliphatic carbocycles. The zero-order valence-electron chi connectivity index (χ0n) is 11.2. The number of aliphatic hydroxyl groups excluding tert-OH is 4. The number of aliphatic hydroxyl groups is 4. The zero-order chi connectivity index (χ0) is 16.1. The molecule has 21 heavy (non-hydrogen) atoms. The third-order valence-electron chi connectivity index (χ3n) is 2.03. The smallest absolute Gasteiger partial charge is 0.726 e. The number of nitrogens with one attached hydrogen (secondary N) is 1. The summed E-state index contributed by atoms with van der Waals surface area (Å²) in [7, 11) is -5.44. The van der Waals surface area contributed by atoms with E-state index in [1.807, 2.05) is 0 Å². The van der Waals surface area contributed by atoms with Crippen LogP contribution in [-0.2, 0) is 24.2 Å². The average Bonchev–Trinajstić information content (AvgIpc) is 2.31. The van der Waals surface area contributed by atoms with E-state index in [1.54, 1.807) is 5.32 Å². The van der Waals surface area contributed by atoms with Crippen molar-refractivity contribution in [3.05, 3.63) is 0 Å². The van der Waals surface area contributed by atoms with Crippen LogP contribution in [0.5, 0.6) is 0 Å². The fraction of sp³-hybridized carbons (Fsp3) is 0.750. The van der Waals surface area contributed by atoms with Crippen LogP contribution < -0.4 is 34.9 Å². The van der Waals surface area contributed by atoms with Crippen LogP contribution in [0, 0.1) is 0 Å². The maximum absolute atomic E-state index is 11.3. The predicted molar refractivity (Wildman–Crippen MR) is 58.5 cm³/mol. The maximum Gasteiger partial charge on any atom is 1.00 e. The Hall–Kier alpha value is -0.150. The van der Waals surface area contributed by atoms with Crippen LogP contribution in [0.2, 0.25) is 0 Å². The van der Waals surface area contributed by atoms with Crippen molar-refractivity contribution >= 4 is 22.2 Å². The van der Waals surface area contributed by atoms with Crippen LogP contribution in [0.3, 0.4) is 0 Å². The molecule has 118 valence electrons. The fourth-order valence-electron chi connectivity index (χ4n) is 1.16. The molecule has 0 fully saturated rings. The van der Waals surface area contributed by atoms with E-state index in [-0.39, 0.29) is 29.6 Å². The molecule has 0 aromatic carbocycles. The Balaban J connectivity index is 0. The number of carbonyl (C=O) groups excluding carboxylic acids is 2. The molecule has 2 amide bonds. The Bertz CT molecular complexity index is 454. The monoisotopic (exact) mass is 339 g/mol. The predicted octanol–water partition coefficient (Wildman–Crippen LogP) is -7.43. The van der Waals surface area contributed by atoms with Crippen LogP contribution >= 0.6 is 0 Å². The molecule has 0 rings (SSSR count). The van der Waals surface area contributed by atoms with Gasteiger partial charge in [0, 0.05) is 6.92 Å². The average molecular weight is 339 g/mol. The summed E-state index contributed by atoms with van der Waals surface area (Å²) in [6.45, 7) is -0.162. The molecule has 5 N–H and O–H groups in total. The van der Waals surface area contributed by atoms with Gasteiger partial charge < -0.3 is 25.0 Å². The van der Waals surface area contributed by atoms with Crippen LogP contribution in [0.25, 0.3) is 0 Å². The molecule has 0 spiro atoms. The maximum atomic E-state index is 11.3. The van der Waals surface area contributed by atoms with Crippen molar-refractivity contribution in [1.29, 1.82) is 0 Å². The van der Waals surface area contributed by atoms with Gasteiger partial charge in [0.2, 0.25) is 16.3 Å². The molecule has 0 unspecified atom stereocenters. The first-order valence-electron chi connectivity index (χ1n) is 5.10. The first-order chi connectivity index (χ1) is 8.99. The summed E-state index contributed by atoms with van der Waals surface area (Å²) >= 11 is 0. The van der Waals surface area contributed by atoms with Crippen molar-refractivity contribution in [1.82, 2.24) is 5.32 Å². The second-order valence-corrected chi connectivity index (χ2v) is 4.71. The van der Waals surface area contributed by atoms with Gasteiger partial charge in [0.15, 0.2) is 6.10 Å². The van der Waals surface area contributed by atoms with E-state index in [9.17, 15) is 32.8 Å². The molecule has 0 aliphatic rings. The normalized spacial score (nSPS) is 17.0. The molecular weight excluding hydrogens is 325 g/mol. The van der Waals surface area contributed by atoms with Crippen LogP contribution in [-0.4, -0.2) is 76.2 Å². The minimum atomic E-state index is -5.44. The van der Waals surface area contributed by atoms with Gasteiger partial charge in [-0.25, -0.2) is 8.42 Å². The van der Waals surface area contributed by atoms with E-state index in [2.05, 4.69) is 4.18 Å². The molecule has 0 aromatic heterocycles. The molecule has 13 heteroatoms. The van der Waals surface area contributed by atoms with Crippen molar-refractivity contribution in [2.24, 2.45) is 0 Å². The molecular formula is C8H14NNaO10S. The SMILES string of the molecule is CC(=O)NC(=O)[C@H](O)[C@@H](OS(=O)(=O)[O-])[C@H](O)[C@H](O)CO.[Na+]. The largest absolute Gasteiger partial charge is 1.00 e. The van der Waals surface area contributed by atoms with E-state index >= 15 is 0 Å². The third kappa shape index (κ3) is 8.77. The topological polar surface area (TPSA) is 194 Å². The fourth-order valence-corrected chi connectivity index (χ4v) is 1.65. The summed E-state index contributed by atoms with van der Waals surface area (Å²) in [6.07, 6.45) is -9.14. The van der Waals surface area contributed by atoms with E-state index in [4.69, 9.17) is 10.2 Å². The summed E-state index contributed by atoms with van der Waals surface area (Å²) < 4.78 is 35.2. The molecule has 4 atom stereocenters. The van der Waals surface area contributed by atoms with Gasteiger partial charge in [-0.1, -0.05) is 0 Å².